The molecular weight excluding hydrogens is 378 g/mol. The molecule has 1 aliphatic heterocycles. The van der Waals surface area contributed by atoms with E-state index in [2.05, 4.69) is 0 Å². The average molecular weight is 401 g/mol. The second kappa shape index (κ2) is 8.51. The summed E-state index contributed by atoms with van der Waals surface area (Å²) in [7, 11) is 1.59. The fourth-order valence-electron chi connectivity index (χ4n) is 4.05. The Balaban J connectivity index is 1.74. The summed E-state index contributed by atoms with van der Waals surface area (Å²) in [6.45, 7) is 0.229. The average Bonchev–Trinajstić information content (AvgIpc) is 3.05. The van der Waals surface area contributed by atoms with Gasteiger partial charge in [-0.2, -0.15) is 0 Å². The van der Waals surface area contributed by atoms with E-state index in [-0.39, 0.29) is 12.3 Å². The van der Waals surface area contributed by atoms with E-state index in [1.54, 1.807) is 31.4 Å². The lowest BCUT2D eigenvalue weighted by Gasteiger charge is -2.27. The van der Waals surface area contributed by atoms with Gasteiger partial charge in [0.15, 0.2) is 5.78 Å². The largest absolute Gasteiger partial charge is 0.497 e. The molecule has 0 radical (unpaired) electrons. The first-order valence-electron chi connectivity index (χ1n) is 9.86. The van der Waals surface area contributed by atoms with Crippen LogP contribution in [-0.2, 0) is 11.3 Å². The summed E-state index contributed by atoms with van der Waals surface area (Å²) in [5.74, 6) is -0.535. The molecule has 3 atom stereocenters. The van der Waals surface area contributed by atoms with Gasteiger partial charge >= 0.3 is 0 Å². The smallest absolute Gasteiger partial charge is 0.253 e. The van der Waals surface area contributed by atoms with Gasteiger partial charge in [-0.05, 0) is 23.3 Å². The van der Waals surface area contributed by atoms with E-state index in [1.807, 2.05) is 60.7 Å². The van der Waals surface area contributed by atoms with Crippen LogP contribution in [0, 0.1) is 0 Å². The maximum atomic E-state index is 13.5. The Morgan fingerprint density at radius 3 is 2.13 bits per heavy atom. The van der Waals surface area contributed by atoms with E-state index >= 15 is 0 Å². The SMILES string of the molecule is COc1ccc(CN2C(=O)[C@@H](O)[C@H](c3ccccc3)[C@H]2C(=O)c2ccccc2)cc1. The molecule has 5 nitrogen and oxygen atoms in total. The number of hydrogen-bond acceptors (Lipinski definition) is 4. The Morgan fingerprint density at radius 2 is 1.53 bits per heavy atom. The van der Waals surface area contributed by atoms with Crippen LogP contribution in [0.1, 0.15) is 27.4 Å². The van der Waals surface area contributed by atoms with Crippen molar-refractivity contribution in [2.45, 2.75) is 24.6 Å². The Hall–Kier alpha value is -3.44. The number of carbonyl (C=O) groups excluding carboxylic acids is 2. The third kappa shape index (κ3) is 3.72. The fraction of sp³-hybridized carbons (Fsp3) is 0.200. The van der Waals surface area contributed by atoms with Crippen molar-refractivity contribution in [3.05, 3.63) is 102 Å². The molecule has 152 valence electrons. The normalized spacial score (nSPS) is 20.9. The summed E-state index contributed by atoms with van der Waals surface area (Å²) < 4.78 is 5.19. The van der Waals surface area contributed by atoms with E-state index in [4.69, 9.17) is 4.74 Å². The molecule has 1 fully saturated rings. The summed E-state index contributed by atoms with van der Waals surface area (Å²) in [4.78, 5) is 28.1. The van der Waals surface area contributed by atoms with Crippen molar-refractivity contribution in [3.8, 4) is 5.75 Å². The maximum Gasteiger partial charge on any atom is 0.253 e. The number of carbonyl (C=O) groups is 2. The molecule has 0 unspecified atom stereocenters. The van der Waals surface area contributed by atoms with Crippen molar-refractivity contribution in [1.82, 2.24) is 4.90 Å². The lowest BCUT2D eigenvalue weighted by atomic mass is 9.85. The zero-order valence-corrected chi connectivity index (χ0v) is 16.6. The minimum Gasteiger partial charge on any atom is -0.497 e. The first-order valence-corrected chi connectivity index (χ1v) is 9.86. The van der Waals surface area contributed by atoms with Crippen molar-refractivity contribution >= 4 is 11.7 Å². The highest BCUT2D eigenvalue weighted by atomic mass is 16.5. The zero-order valence-electron chi connectivity index (χ0n) is 16.6. The molecule has 0 bridgehead atoms. The number of methoxy groups -OCH3 is 1. The number of aliphatic hydroxyl groups excluding tert-OH is 1. The topological polar surface area (TPSA) is 66.8 Å². The maximum absolute atomic E-state index is 13.5. The second-order valence-corrected chi connectivity index (χ2v) is 7.37. The lowest BCUT2D eigenvalue weighted by molar-refractivity contribution is -0.135. The molecule has 1 saturated heterocycles. The van der Waals surface area contributed by atoms with Crippen molar-refractivity contribution in [3.63, 3.8) is 0 Å². The minimum atomic E-state index is -1.27. The molecule has 30 heavy (non-hydrogen) atoms. The number of ether oxygens (including phenoxy) is 1. The Labute approximate surface area is 175 Å². The van der Waals surface area contributed by atoms with Gasteiger partial charge in [0.1, 0.15) is 17.9 Å². The first-order chi connectivity index (χ1) is 14.6. The molecule has 1 aliphatic rings. The van der Waals surface area contributed by atoms with Crippen LogP contribution in [-0.4, -0.2) is 41.0 Å². The summed E-state index contributed by atoms with van der Waals surface area (Å²) in [5, 5.41) is 10.8. The third-order valence-corrected chi connectivity index (χ3v) is 5.58. The van der Waals surface area contributed by atoms with Crippen molar-refractivity contribution in [2.24, 2.45) is 0 Å². The molecule has 0 spiro atoms. The van der Waals surface area contributed by atoms with E-state index in [9.17, 15) is 14.7 Å². The van der Waals surface area contributed by atoms with E-state index < -0.39 is 24.0 Å². The summed E-state index contributed by atoms with van der Waals surface area (Å²) >= 11 is 0. The van der Waals surface area contributed by atoms with Gasteiger partial charge < -0.3 is 14.7 Å². The molecule has 3 aromatic rings. The standard InChI is InChI=1S/C25H23NO4/c1-30-20-14-12-17(13-15-20)16-26-22(23(27)19-10-6-3-7-11-19)21(24(28)25(26)29)18-8-4-2-5-9-18/h2-15,21-22,24,28H,16H2,1H3/t21-,22+,24+/m1/s1. The first kappa shape index (κ1) is 19.9. The van der Waals surface area contributed by atoms with Crippen LogP contribution in [0.2, 0.25) is 0 Å². The predicted molar refractivity (Wildman–Crippen MR) is 113 cm³/mol. The molecule has 3 aromatic carbocycles. The molecular formula is C25H23NO4. The van der Waals surface area contributed by atoms with Crippen LogP contribution in [0.15, 0.2) is 84.9 Å². The zero-order chi connectivity index (χ0) is 21.1. The number of benzene rings is 3. The summed E-state index contributed by atoms with van der Waals surface area (Å²) in [6.07, 6.45) is -1.27. The van der Waals surface area contributed by atoms with E-state index in [0.29, 0.717) is 11.3 Å². The molecule has 0 saturated carbocycles. The molecule has 1 heterocycles. The summed E-state index contributed by atoms with van der Waals surface area (Å²) in [6, 6.07) is 24.7. The third-order valence-electron chi connectivity index (χ3n) is 5.58. The Morgan fingerprint density at radius 1 is 0.933 bits per heavy atom. The quantitative estimate of drug-likeness (QED) is 0.643. The van der Waals surface area contributed by atoms with Crippen LogP contribution < -0.4 is 4.74 Å². The highest BCUT2D eigenvalue weighted by Crippen LogP contribution is 2.37. The number of nitrogens with zero attached hydrogens (tertiary/aromatic N) is 1. The number of aliphatic hydroxyl groups is 1. The summed E-state index contributed by atoms with van der Waals surface area (Å²) in [5.41, 5.74) is 2.14. The monoisotopic (exact) mass is 401 g/mol. The van der Waals surface area contributed by atoms with Crippen LogP contribution in [0.25, 0.3) is 0 Å². The van der Waals surface area contributed by atoms with Gasteiger partial charge in [-0.3, -0.25) is 9.59 Å². The number of amides is 1. The predicted octanol–water partition coefficient (Wildman–Crippen LogP) is 3.43. The van der Waals surface area contributed by atoms with Crippen LogP contribution in [0.3, 0.4) is 0 Å². The van der Waals surface area contributed by atoms with E-state index in [0.717, 1.165) is 11.1 Å². The molecule has 4 rings (SSSR count). The number of hydrogen-bond donors (Lipinski definition) is 1. The van der Waals surface area contributed by atoms with Crippen molar-refractivity contribution in [1.29, 1.82) is 0 Å². The highest BCUT2D eigenvalue weighted by Gasteiger charge is 2.51. The molecule has 1 amide bonds. The second-order valence-electron chi connectivity index (χ2n) is 7.37. The highest BCUT2D eigenvalue weighted by molar-refractivity contribution is 6.05. The minimum absolute atomic E-state index is 0.178. The van der Waals surface area contributed by atoms with E-state index in [1.165, 1.54) is 4.90 Å². The molecule has 0 aliphatic carbocycles. The Bertz CT molecular complexity index is 1020. The van der Waals surface area contributed by atoms with Crippen LogP contribution in [0.4, 0.5) is 0 Å². The molecule has 0 aromatic heterocycles. The Kier molecular flexibility index (Phi) is 5.63. The molecule has 5 heteroatoms. The fourth-order valence-corrected chi connectivity index (χ4v) is 4.05. The van der Waals surface area contributed by atoms with Gasteiger partial charge in [0.2, 0.25) is 0 Å². The number of Topliss-reactive ketones (excluding diaryl/α,β-unsaturated/α-hetero) is 1. The number of rotatable bonds is 6. The lowest BCUT2D eigenvalue weighted by Crippen LogP contribution is -2.40. The molecule has 1 N–H and O–H groups in total. The van der Waals surface area contributed by atoms with Gasteiger partial charge in [-0.15, -0.1) is 0 Å². The van der Waals surface area contributed by atoms with Crippen molar-refractivity contribution in [2.75, 3.05) is 7.11 Å². The number of ketones is 1. The van der Waals surface area contributed by atoms with Crippen LogP contribution >= 0.6 is 0 Å². The van der Waals surface area contributed by atoms with Crippen molar-refractivity contribution < 1.29 is 19.4 Å². The van der Waals surface area contributed by atoms with Gasteiger partial charge in [0.05, 0.1) is 7.11 Å². The van der Waals surface area contributed by atoms with Crippen LogP contribution in [0.5, 0.6) is 5.75 Å². The van der Waals surface area contributed by atoms with Gasteiger partial charge in [-0.25, -0.2) is 0 Å². The van der Waals surface area contributed by atoms with Gasteiger partial charge in [-0.1, -0.05) is 72.8 Å². The van der Waals surface area contributed by atoms with Gasteiger partial charge in [0, 0.05) is 18.0 Å². The number of likely N-dealkylation sites (tertiary alicyclic amines) is 1. The van der Waals surface area contributed by atoms with Gasteiger partial charge in [0.25, 0.3) is 5.91 Å².